The average Bonchev–Trinajstić information content (AvgIpc) is 2.55. The molecule has 0 spiro atoms. The van der Waals surface area contributed by atoms with Gasteiger partial charge in [0.05, 0.1) is 6.04 Å². The van der Waals surface area contributed by atoms with E-state index in [0.29, 0.717) is 0 Å². The van der Waals surface area contributed by atoms with Crippen molar-refractivity contribution in [3.8, 4) is 5.75 Å². The van der Waals surface area contributed by atoms with Crippen LogP contribution in [0.25, 0.3) is 0 Å². The van der Waals surface area contributed by atoms with E-state index in [9.17, 15) is 0 Å². The van der Waals surface area contributed by atoms with Gasteiger partial charge < -0.3 is 15.0 Å². The van der Waals surface area contributed by atoms with Gasteiger partial charge in [0.2, 0.25) is 0 Å². The van der Waals surface area contributed by atoms with E-state index in [4.69, 9.17) is 17.0 Å². The Morgan fingerprint density at radius 3 is 2.74 bits per heavy atom. The number of hydrogen-bond acceptors (Lipinski definition) is 2. The molecule has 0 amide bonds. The highest BCUT2D eigenvalue weighted by atomic mass is 32.1. The van der Waals surface area contributed by atoms with Crippen molar-refractivity contribution < 1.29 is 4.74 Å². The number of nitrogens with one attached hydrogen (secondary N) is 1. The zero-order valence-corrected chi connectivity index (χ0v) is 14.0. The topological polar surface area (TPSA) is 24.5 Å². The third-order valence-corrected chi connectivity index (χ3v) is 5.13. The highest BCUT2D eigenvalue weighted by Gasteiger charge is 2.47. The number of thiocarbonyl (C=S) groups is 1. The number of hydrogen-bond donors (Lipinski definition) is 1. The van der Waals surface area contributed by atoms with Gasteiger partial charge in [-0.2, -0.15) is 0 Å². The lowest BCUT2D eigenvalue weighted by Crippen LogP contribution is -2.64. The molecule has 1 saturated heterocycles. The van der Waals surface area contributed by atoms with Gasteiger partial charge in [-0.15, -0.1) is 0 Å². The fraction of sp³-hybridized carbons (Fsp3) is 0.316. The van der Waals surface area contributed by atoms with Gasteiger partial charge in [-0.1, -0.05) is 48.5 Å². The highest BCUT2D eigenvalue weighted by Crippen LogP contribution is 2.43. The predicted molar refractivity (Wildman–Crippen MR) is 95.4 cm³/mol. The molecule has 23 heavy (non-hydrogen) atoms. The maximum Gasteiger partial charge on any atom is 0.184 e. The molecule has 3 nitrogen and oxygen atoms in total. The molecule has 0 saturated carbocycles. The molecule has 118 valence electrons. The fourth-order valence-electron chi connectivity index (χ4n) is 3.59. The van der Waals surface area contributed by atoms with Crippen LogP contribution in [0.4, 0.5) is 0 Å². The van der Waals surface area contributed by atoms with Gasteiger partial charge in [0.15, 0.2) is 10.8 Å². The minimum absolute atomic E-state index is 0.241. The maximum atomic E-state index is 6.36. The highest BCUT2D eigenvalue weighted by molar-refractivity contribution is 7.80. The lowest BCUT2D eigenvalue weighted by Gasteiger charge is -2.52. The second-order valence-corrected chi connectivity index (χ2v) is 6.80. The third-order valence-electron chi connectivity index (χ3n) is 4.79. The lowest BCUT2D eigenvalue weighted by atomic mass is 9.90. The SMILES string of the molecule is C[C@@]12C[C@H](NC(=S)N1CCc1ccccc1)c1ccccc1O2. The number of para-hydroxylation sites is 1. The van der Waals surface area contributed by atoms with Gasteiger partial charge in [-0.05, 0) is 37.2 Å². The van der Waals surface area contributed by atoms with Crippen LogP contribution < -0.4 is 10.1 Å². The molecular formula is C19H20N2OS. The Labute approximate surface area is 142 Å². The first-order valence-electron chi connectivity index (χ1n) is 8.06. The number of rotatable bonds is 3. The van der Waals surface area contributed by atoms with Gasteiger partial charge >= 0.3 is 0 Å². The summed E-state index contributed by atoms with van der Waals surface area (Å²) in [6.45, 7) is 3.00. The number of benzene rings is 2. The minimum Gasteiger partial charge on any atom is -0.468 e. The van der Waals surface area contributed by atoms with Crippen molar-refractivity contribution in [3.63, 3.8) is 0 Å². The smallest absolute Gasteiger partial charge is 0.184 e. The first-order chi connectivity index (χ1) is 11.2. The van der Waals surface area contributed by atoms with E-state index in [-0.39, 0.29) is 11.8 Å². The number of ether oxygens (including phenoxy) is 1. The molecule has 1 fully saturated rings. The summed E-state index contributed by atoms with van der Waals surface area (Å²) in [5.74, 6) is 0.964. The van der Waals surface area contributed by atoms with Gasteiger partial charge in [0, 0.05) is 18.5 Å². The maximum absolute atomic E-state index is 6.36. The Morgan fingerprint density at radius 2 is 1.91 bits per heavy atom. The van der Waals surface area contributed by atoms with Gasteiger partial charge in [0.1, 0.15) is 5.75 Å². The van der Waals surface area contributed by atoms with Crippen LogP contribution in [0.15, 0.2) is 54.6 Å². The van der Waals surface area contributed by atoms with Crippen LogP contribution in [0.2, 0.25) is 0 Å². The van der Waals surface area contributed by atoms with Crippen LogP contribution in [0.1, 0.15) is 30.5 Å². The summed E-state index contributed by atoms with van der Waals surface area (Å²) >= 11 is 5.63. The molecule has 2 aromatic carbocycles. The van der Waals surface area contributed by atoms with Crippen molar-refractivity contribution in [2.24, 2.45) is 0 Å². The fourth-order valence-corrected chi connectivity index (χ4v) is 4.01. The Bertz CT molecular complexity index is 733. The summed E-state index contributed by atoms with van der Waals surface area (Å²) in [5.41, 5.74) is 2.14. The molecule has 2 heterocycles. The molecule has 2 bridgehead atoms. The number of nitrogens with zero attached hydrogens (tertiary/aromatic N) is 1. The minimum atomic E-state index is -0.379. The summed E-state index contributed by atoms with van der Waals surface area (Å²) < 4.78 is 6.36. The van der Waals surface area contributed by atoms with Crippen LogP contribution in [-0.2, 0) is 6.42 Å². The third kappa shape index (κ3) is 2.57. The second kappa shape index (κ2) is 5.53. The quantitative estimate of drug-likeness (QED) is 0.871. The molecule has 0 aliphatic carbocycles. The monoisotopic (exact) mass is 324 g/mol. The lowest BCUT2D eigenvalue weighted by molar-refractivity contribution is -0.0676. The van der Waals surface area contributed by atoms with E-state index >= 15 is 0 Å². The Morgan fingerprint density at radius 1 is 1.17 bits per heavy atom. The molecule has 2 aliphatic rings. The van der Waals surface area contributed by atoms with Crippen LogP contribution in [0.3, 0.4) is 0 Å². The molecule has 2 atom stereocenters. The van der Waals surface area contributed by atoms with Crippen LogP contribution in [0.5, 0.6) is 5.75 Å². The van der Waals surface area contributed by atoms with Gasteiger partial charge in [-0.3, -0.25) is 0 Å². The zero-order chi connectivity index (χ0) is 15.9. The van der Waals surface area contributed by atoms with Crippen molar-refractivity contribution in [1.29, 1.82) is 0 Å². The first-order valence-corrected chi connectivity index (χ1v) is 8.46. The molecule has 1 N–H and O–H groups in total. The van der Waals surface area contributed by atoms with Gasteiger partial charge in [0.25, 0.3) is 0 Å². The molecule has 4 rings (SSSR count). The van der Waals surface area contributed by atoms with Crippen LogP contribution >= 0.6 is 12.2 Å². The van der Waals surface area contributed by atoms with Crippen molar-refractivity contribution >= 4 is 17.3 Å². The summed E-state index contributed by atoms with van der Waals surface area (Å²) in [6.07, 6.45) is 1.85. The molecule has 0 unspecified atom stereocenters. The van der Waals surface area contributed by atoms with Gasteiger partial charge in [-0.25, -0.2) is 0 Å². The molecule has 4 heteroatoms. The Kier molecular flexibility index (Phi) is 3.49. The average molecular weight is 324 g/mol. The molecule has 2 aromatic rings. The molecular weight excluding hydrogens is 304 g/mol. The summed E-state index contributed by atoms with van der Waals surface area (Å²) in [6, 6.07) is 19.0. The van der Waals surface area contributed by atoms with Crippen molar-refractivity contribution in [1.82, 2.24) is 10.2 Å². The van der Waals surface area contributed by atoms with E-state index < -0.39 is 0 Å². The molecule has 0 radical (unpaired) electrons. The molecule has 0 aromatic heterocycles. The standard InChI is InChI=1S/C19H20N2OS/c1-19-13-16(15-9-5-6-10-17(15)22-19)20-18(23)21(19)12-11-14-7-3-2-4-8-14/h2-10,16H,11-13H2,1H3,(H,20,23)/t16-,19+/m0/s1. The summed E-state index contributed by atoms with van der Waals surface area (Å²) in [7, 11) is 0. The van der Waals surface area contributed by atoms with Crippen LogP contribution in [-0.4, -0.2) is 22.3 Å². The van der Waals surface area contributed by atoms with Crippen molar-refractivity contribution in [2.75, 3.05) is 6.54 Å². The zero-order valence-electron chi connectivity index (χ0n) is 13.2. The summed E-state index contributed by atoms with van der Waals surface area (Å²) in [4.78, 5) is 2.20. The molecule has 2 aliphatic heterocycles. The normalized spacial score (nSPS) is 25.3. The summed E-state index contributed by atoms with van der Waals surface area (Å²) in [5, 5.41) is 4.28. The van der Waals surface area contributed by atoms with E-state index in [1.165, 1.54) is 11.1 Å². The number of fused-ring (bicyclic) bond motifs is 4. The largest absolute Gasteiger partial charge is 0.468 e. The Hall–Kier alpha value is -2.07. The Balaban J connectivity index is 1.59. The van der Waals surface area contributed by atoms with E-state index in [1.54, 1.807) is 0 Å². The van der Waals surface area contributed by atoms with E-state index in [1.807, 2.05) is 18.2 Å². The van der Waals surface area contributed by atoms with E-state index in [2.05, 4.69) is 53.5 Å². The van der Waals surface area contributed by atoms with Crippen molar-refractivity contribution in [2.45, 2.75) is 31.5 Å². The predicted octanol–water partition coefficient (Wildman–Crippen LogP) is 3.66. The van der Waals surface area contributed by atoms with E-state index in [0.717, 1.165) is 30.2 Å². The first kappa shape index (κ1) is 14.5. The van der Waals surface area contributed by atoms with Crippen molar-refractivity contribution in [3.05, 3.63) is 65.7 Å². The van der Waals surface area contributed by atoms with Crippen LogP contribution in [0, 0.1) is 0 Å². The second-order valence-electron chi connectivity index (χ2n) is 6.41.